The van der Waals surface area contributed by atoms with Crippen molar-refractivity contribution in [2.24, 2.45) is 0 Å². The van der Waals surface area contributed by atoms with Crippen molar-refractivity contribution in [3.63, 3.8) is 0 Å². The minimum absolute atomic E-state index is 0.510. The van der Waals surface area contributed by atoms with Crippen LogP contribution in [0.25, 0.3) is 0 Å². The van der Waals surface area contributed by atoms with Crippen molar-refractivity contribution in [2.45, 2.75) is 25.3 Å². The average Bonchev–Trinajstić information content (AvgIpc) is 2.39. The van der Waals surface area contributed by atoms with E-state index in [1.807, 2.05) is 6.20 Å². The van der Waals surface area contributed by atoms with Crippen LogP contribution in [0.4, 0.5) is 5.69 Å². The maximum Gasteiger partial charge on any atom is 0.0636 e. The molecular weight excluding hydrogens is 288 g/mol. The smallest absolute Gasteiger partial charge is 0.0636 e. The molecule has 18 heavy (non-hydrogen) atoms. The number of hydrogen-bond donors (Lipinski definition) is 1. The SMILES string of the molecule is Brc1cnc2c(c1)NC(Cc1ccccc1)CC2. The van der Waals surface area contributed by atoms with Gasteiger partial charge in [-0.3, -0.25) is 4.98 Å². The van der Waals surface area contributed by atoms with E-state index in [1.165, 1.54) is 16.9 Å². The van der Waals surface area contributed by atoms with Gasteiger partial charge in [0.15, 0.2) is 0 Å². The maximum absolute atomic E-state index is 4.45. The van der Waals surface area contributed by atoms with E-state index < -0.39 is 0 Å². The molecule has 1 unspecified atom stereocenters. The number of pyridine rings is 1. The molecule has 92 valence electrons. The van der Waals surface area contributed by atoms with Gasteiger partial charge in [-0.1, -0.05) is 30.3 Å². The number of halogens is 1. The predicted octanol–water partition coefficient (Wildman–Crippen LogP) is 3.81. The van der Waals surface area contributed by atoms with Crippen molar-refractivity contribution in [3.8, 4) is 0 Å². The minimum Gasteiger partial charge on any atom is -0.380 e. The summed E-state index contributed by atoms with van der Waals surface area (Å²) in [4.78, 5) is 4.45. The van der Waals surface area contributed by atoms with E-state index in [0.29, 0.717) is 6.04 Å². The number of aryl methyl sites for hydroxylation is 1. The summed E-state index contributed by atoms with van der Waals surface area (Å²) in [6, 6.07) is 13.3. The summed E-state index contributed by atoms with van der Waals surface area (Å²) >= 11 is 3.47. The number of anilines is 1. The molecule has 0 bridgehead atoms. The number of rotatable bonds is 2. The molecule has 0 fully saturated rings. The second-order valence-electron chi connectivity index (χ2n) is 4.72. The van der Waals surface area contributed by atoms with E-state index in [2.05, 4.69) is 62.6 Å². The second-order valence-corrected chi connectivity index (χ2v) is 5.63. The Labute approximate surface area is 116 Å². The highest BCUT2D eigenvalue weighted by molar-refractivity contribution is 9.10. The van der Waals surface area contributed by atoms with Crippen LogP contribution < -0.4 is 5.32 Å². The van der Waals surface area contributed by atoms with Gasteiger partial charge >= 0.3 is 0 Å². The molecule has 0 aliphatic carbocycles. The van der Waals surface area contributed by atoms with Crippen LogP contribution in [0, 0.1) is 0 Å². The number of fused-ring (bicyclic) bond motifs is 1. The van der Waals surface area contributed by atoms with Gasteiger partial charge < -0.3 is 5.32 Å². The van der Waals surface area contributed by atoms with E-state index in [9.17, 15) is 0 Å². The Hall–Kier alpha value is -1.35. The van der Waals surface area contributed by atoms with E-state index in [0.717, 1.165) is 23.7 Å². The van der Waals surface area contributed by atoms with Crippen LogP contribution in [0.5, 0.6) is 0 Å². The minimum atomic E-state index is 0.510. The van der Waals surface area contributed by atoms with Gasteiger partial charge in [0.25, 0.3) is 0 Å². The van der Waals surface area contributed by atoms with Crippen molar-refractivity contribution >= 4 is 21.6 Å². The summed E-state index contributed by atoms with van der Waals surface area (Å²) in [5, 5.41) is 3.59. The predicted molar refractivity (Wildman–Crippen MR) is 77.8 cm³/mol. The summed E-state index contributed by atoms with van der Waals surface area (Å²) < 4.78 is 1.04. The molecule has 1 aliphatic heterocycles. The molecule has 0 saturated heterocycles. The Morgan fingerprint density at radius 2 is 2.11 bits per heavy atom. The molecule has 3 heteroatoms. The van der Waals surface area contributed by atoms with Crippen molar-refractivity contribution in [2.75, 3.05) is 5.32 Å². The Bertz CT molecular complexity index is 539. The molecule has 0 spiro atoms. The van der Waals surface area contributed by atoms with Crippen LogP contribution in [0.1, 0.15) is 17.7 Å². The molecule has 1 aromatic heterocycles. The van der Waals surface area contributed by atoms with Gasteiger partial charge in [0.2, 0.25) is 0 Å². The van der Waals surface area contributed by atoms with Gasteiger partial charge in [-0.05, 0) is 46.8 Å². The highest BCUT2D eigenvalue weighted by atomic mass is 79.9. The molecule has 0 radical (unpaired) electrons. The third-order valence-corrected chi connectivity index (χ3v) is 3.78. The van der Waals surface area contributed by atoms with Gasteiger partial charge in [-0.25, -0.2) is 0 Å². The molecule has 1 atom stereocenters. The summed E-state index contributed by atoms with van der Waals surface area (Å²) in [7, 11) is 0. The van der Waals surface area contributed by atoms with Crippen molar-refractivity contribution in [1.29, 1.82) is 0 Å². The monoisotopic (exact) mass is 302 g/mol. The van der Waals surface area contributed by atoms with E-state index in [1.54, 1.807) is 0 Å². The quantitative estimate of drug-likeness (QED) is 0.912. The topological polar surface area (TPSA) is 24.9 Å². The van der Waals surface area contributed by atoms with Crippen LogP contribution in [0.15, 0.2) is 47.1 Å². The lowest BCUT2D eigenvalue weighted by atomic mass is 9.96. The summed E-state index contributed by atoms with van der Waals surface area (Å²) in [6.07, 6.45) is 5.16. The van der Waals surface area contributed by atoms with Crippen LogP contribution in [-0.4, -0.2) is 11.0 Å². The zero-order valence-electron chi connectivity index (χ0n) is 10.1. The van der Waals surface area contributed by atoms with Gasteiger partial charge in [-0.15, -0.1) is 0 Å². The lowest BCUT2D eigenvalue weighted by molar-refractivity contribution is 0.618. The summed E-state index contributed by atoms with van der Waals surface area (Å²) in [5.41, 5.74) is 3.75. The molecule has 3 rings (SSSR count). The molecule has 1 N–H and O–H groups in total. The number of aromatic nitrogens is 1. The highest BCUT2D eigenvalue weighted by Gasteiger charge is 2.18. The van der Waals surface area contributed by atoms with Gasteiger partial charge in [-0.2, -0.15) is 0 Å². The molecule has 2 nitrogen and oxygen atoms in total. The zero-order valence-corrected chi connectivity index (χ0v) is 11.7. The number of hydrogen-bond acceptors (Lipinski definition) is 2. The van der Waals surface area contributed by atoms with Gasteiger partial charge in [0, 0.05) is 16.7 Å². The molecule has 1 aliphatic rings. The van der Waals surface area contributed by atoms with E-state index >= 15 is 0 Å². The Morgan fingerprint density at radius 1 is 1.28 bits per heavy atom. The van der Waals surface area contributed by atoms with Crippen LogP contribution in [0.3, 0.4) is 0 Å². The first-order chi connectivity index (χ1) is 8.81. The normalized spacial score (nSPS) is 17.9. The van der Waals surface area contributed by atoms with E-state index in [4.69, 9.17) is 0 Å². The largest absolute Gasteiger partial charge is 0.380 e. The van der Waals surface area contributed by atoms with Crippen LogP contribution in [0.2, 0.25) is 0 Å². The van der Waals surface area contributed by atoms with Crippen LogP contribution >= 0.6 is 15.9 Å². The first kappa shape index (κ1) is 11.7. The van der Waals surface area contributed by atoms with Crippen LogP contribution in [-0.2, 0) is 12.8 Å². The molecule has 2 heterocycles. The van der Waals surface area contributed by atoms with Gasteiger partial charge in [0.05, 0.1) is 11.4 Å². The summed E-state index contributed by atoms with van der Waals surface area (Å²) in [6.45, 7) is 0. The zero-order chi connectivity index (χ0) is 12.4. The third-order valence-electron chi connectivity index (χ3n) is 3.35. The standard InChI is InChI=1S/C15H15BrN2/c16-12-9-15-14(17-10-12)7-6-13(18-15)8-11-4-2-1-3-5-11/h1-5,9-10,13,18H,6-8H2. The van der Waals surface area contributed by atoms with Gasteiger partial charge in [0.1, 0.15) is 0 Å². The number of nitrogens with one attached hydrogen (secondary N) is 1. The fraction of sp³-hybridized carbons (Fsp3) is 0.267. The first-order valence-electron chi connectivity index (χ1n) is 6.26. The van der Waals surface area contributed by atoms with Crippen molar-refractivity contribution in [3.05, 3.63) is 58.3 Å². The first-order valence-corrected chi connectivity index (χ1v) is 7.05. The maximum atomic E-state index is 4.45. The second kappa shape index (κ2) is 5.11. The lowest BCUT2D eigenvalue weighted by Gasteiger charge is -2.26. The highest BCUT2D eigenvalue weighted by Crippen LogP contribution is 2.27. The number of benzene rings is 1. The third kappa shape index (κ3) is 2.56. The van der Waals surface area contributed by atoms with E-state index in [-0.39, 0.29) is 0 Å². The Kier molecular flexibility index (Phi) is 3.33. The van der Waals surface area contributed by atoms with Crippen molar-refractivity contribution in [1.82, 2.24) is 4.98 Å². The molecule has 0 saturated carbocycles. The molecule has 0 amide bonds. The average molecular weight is 303 g/mol. The fourth-order valence-electron chi connectivity index (χ4n) is 2.45. The Morgan fingerprint density at radius 3 is 2.94 bits per heavy atom. The number of nitrogens with zero attached hydrogens (tertiary/aromatic N) is 1. The molecule has 1 aromatic carbocycles. The molecule has 2 aromatic rings. The lowest BCUT2D eigenvalue weighted by Crippen LogP contribution is -2.28. The summed E-state index contributed by atoms with van der Waals surface area (Å²) in [5.74, 6) is 0. The van der Waals surface area contributed by atoms with Crippen molar-refractivity contribution < 1.29 is 0 Å². The molecular formula is C15H15BrN2. The fourth-order valence-corrected chi connectivity index (χ4v) is 2.78. The Balaban J connectivity index is 1.75.